The zero-order valence-electron chi connectivity index (χ0n) is 22.2. The normalized spacial score (nSPS) is 14.1. The van der Waals surface area contributed by atoms with E-state index in [0.29, 0.717) is 48.6 Å². The molecule has 0 bridgehead atoms. The Morgan fingerprint density at radius 1 is 1.02 bits per heavy atom. The van der Waals surface area contributed by atoms with Crippen LogP contribution in [0.1, 0.15) is 35.8 Å². The summed E-state index contributed by atoms with van der Waals surface area (Å²) in [6.07, 6.45) is 0.646. The van der Waals surface area contributed by atoms with Gasteiger partial charge >= 0.3 is 12.1 Å². The summed E-state index contributed by atoms with van der Waals surface area (Å²) >= 11 is 0. The number of hydrogen-bond acceptors (Lipinski definition) is 7. The van der Waals surface area contributed by atoms with E-state index in [0.717, 1.165) is 11.1 Å². The number of esters is 1. The maximum Gasteiger partial charge on any atom is 0.435 e. The Bertz CT molecular complexity index is 1500. The number of benzene rings is 1. The molecule has 0 N–H and O–H groups in total. The fraction of sp³-hybridized carbons (Fsp3) is 0.276. The van der Waals surface area contributed by atoms with E-state index < -0.39 is 17.8 Å². The van der Waals surface area contributed by atoms with Crippen molar-refractivity contribution in [2.75, 3.05) is 29.6 Å². The van der Waals surface area contributed by atoms with Gasteiger partial charge in [-0.1, -0.05) is 12.1 Å². The van der Waals surface area contributed by atoms with Crippen molar-refractivity contribution in [3.8, 4) is 11.3 Å². The molecule has 9 nitrogen and oxygen atoms in total. The minimum absolute atomic E-state index is 0.00243. The van der Waals surface area contributed by atoms with Crippen LogP contribution in [0.2, 0.25) is 0 Å². The molecule has 12 heteroatoms. The highest BCUT2D eigenvalue weighted by Crippen LogP contribution is 2.34. The third-order valence-corrected chi connectivity index (χ3v) is 6.76. The predicted octanol–water partition coefficient (Wildman–Crippen LogP) is 5.25. The fourth-order valence-electron chi connectivity index (χ4n) is 4.73. The third kappa shape index (κ3) is 6.06. The number of alkyl halides is 3. The van der Waals surface area contributed by atoms with Crippen LogP contribution in [-0.4, -0.2) is 51.4 Å². The van der Waals surface area contributed by atoms with Crippen molar-refractivity contribution >= 4 is 23.4 Å². The first kappa shape index (κ1) is 27.8. The second-order valence-corrected chi connectivity index (χ2v) is 9.41. The van der Waals surface area contributed by atoms with E-state index in [2.05, 4.69) is 15.1 Å². The van der Waals surface area contributed by atoms with Gasteiger partial charge in [0.25, 0.3) is 5.91 Å². The fourth-order valence-corrected chi connectivity index (χ4v) is 4.73. The molecule has 4 heterocycles. The van der Waals surface area contributed by atoms with Gasteiger partial charge in [0, 0.05) is 48.5 Å². The van der Waals surface area contributed by atoms with Crippen molar-refractivity contribution in [2.24, 2.45) is 5.92 Å². The molecule has 4 aromatic rings. The molecule has 1 saturated heterocycles. The van der Waals surface area contributed by atoms with Crippen LogP contribution in [0, 0.1) is 5.92 Å². The van der Waals surface area contributed by atoms with Crippen LogP contribution in [0.5, 0.6) is 0 Å². The summed E-state index contributed by atoms with van der Waals surface area (Å²) in [6, 6.07) is 15.3. The molecule has 0 atom stereocenters. The number of piperidine rings is 1. The monoisotopic (exact) mass is 564 g/mol. The molecule has 1 aromatic carbocycles. The van der Waals surface area contributed by atoms with Crippen molar-refractivity contribution in [1.29, 1.82) is 0 Å². The molecule has 0 unspecified atom stereocenters. The predicted molar refractivity (Wildman–Crippen MR) is 145 cm³/mol. The number of carbonyl (C=O) groups excluding carboxylic acids is 2. The molecule has 1 fully saturated rings. The highest BCUT2D eigenvalue weighted by molar-refractivity contribution is 6.05. The van der Waals surface area contributed by atoms with Gasteiger partial charge in [0.2, 0.25) is 0 Å². The van der Waals surface area contributed by atoms with Gasteiger partial charge in [-0.15, -0.1) is 0 Å². The first-order valence-electron chi connectivity index (χ1n) is 13.1. The summed E-state index contributed by atoms with van der Waals surface area (Å²) in [5.74, 6) is -1.19. The Hall–Kier alpha value is -4.74. The van der Waals surface area contributed by atoms with Crippen molar-refractivity contribution < 1.29 is 27.5 Å². The smallest absolute Gasteiger partial charge is 0.435 e. The molecular formula is C29H27F3N6O3. The van der Waals surface area contributed by atoms with Crippen LogP contribution < -0.4 is 9.91 Å². The summed E-state index contributed by atoms with van der Waals surface area (Å²) in [4.78, 5) is 36.8. The maximum absolute atomic E-state index is 14.3. The van der Waals surface area contributed by atoms with Crippen LogP contribution in [0.25, 0.3) is 11.3 Å². The third-order valence-electron chi connectivity index (χ3n) is 6.76. The molecule has 0 saturated carbocycles. The van der Waals surface area contributed by atoms with Crippen molar-refractivity contribution in [1.82, 2.24) is 19.9 Å². The summed E-state index contributed by atoms with van der Waals surface area (Å²) < 4.78 is 48.0. The molecule has 0 spiro atoms. The van der Waals surface area contributed by atoms with Crippen LogP contribution in [0.3, 0.4) is 0 Å². The lowest BCUT2D eigenvalue weighted by atomic mass is 9.96. The van der Waals surface area contributed by atoms with E-state index >= 15 is 0 Å². The first-order chi connectivity index (χ1) is 19.8. The topological polar surface area (TPSA) is 93.5 Å². The van der Waals surface area contributed by atoms with Gasteiger partial charge in [0.1, 0.15) is 0 Å². The highest BCUT2D eigenvalue weighted by atomic mass is 19.4. The number of pyridine rings is 2. The van der Waals surface area contributed by atoms with Crippen LogP contribution in [-0.2, 0) is 15.7 Å². The number of nitrogens with zero attached hydrogens (tertiary/aromatic N) is 6. The number of hydrogen-bond donors (Lipinski definition) is 0. The van der Waals surface area contributed by atoms with Gasteiger partial charge in [-0.05, 0) is 68.3 Å². The highest BCUT2D eigenvalue weighted by Gasteiger charge is 2.40. The Kier molecular flexibility index (Phi) is 7.99. The van der Waals surface area contributed by atoms with Crippen LogP contribution in [0.4, 0.5) is 24.7 Å². The van der Waals surface area contributed by atoms with Crippen molar-refractivity contribution in [2.45, 2.75) is 25.9 Å². The zero-order chi connectivity index (χ0) is 29.0. The second-order valence-electron chi connectivity index (χ2n) is 9.41. The number of anilines is 2. The summed E-state index contributed by atoms with van der Waals surface area (Å²) in [6.45, 7) is 3.23. The molecule has 41 heavy (non-hydrogen) atoms. The van der Waals surface area contributed by atoms with Gasteiger partial charge in [-0.3, -0.25) is 14.6 Å². The standard InChI is InChI=1S/C29H27F3N6O3/c1-2-41-28(40)20-11-15-36(16-12-20)23-9-5-7-21(17-23)27(39)37(26-10-3-4-14-34-26)38-25(29(30,31)32)18-24(35-38)22-8-6-13-33-19-22/h3-10,13-14,17-20H,2,11-12,15-16H2,1H3. The van der Waals surface area contributed by atoms with Gasteiger partial charge < -0.3 is 9.64 Å². The van der Waals surface area contributed by atoms with E-state index in [1.54, 1.807) is 43.3 Å². The molecule has 212 valence electrons. The minimum atomic E-state index is -4.83. The number of halogens is 3. The van der Waals surface area contributed by atoms with E-state index in [1.165, 1.54) is 30.7 Å². The molecule has 1 aliphatic rings. The quantitative estimate of drug-likeness (QED) is 0.283. The van der Waals surface area contributed by atoms with E-state index in [9.17, 15) is 22.8 Å². The van der Waals surface area contributed by atoms with E-state index in [-0.39, 0.29) is 29.0 Å². The molecule has 3 aromatic heterocycles. The Labute approximate surface area is 234 Å². The molecule has 1 amide bonds. The number of amides is 1. The average Bonchev–Trinajstić information content (AvgIpc) is 3.44. The van der Waals surface area contributed by atoms with Crippen LogP contribution in [0.15, 0.2) is 79.3 Å². The Morgan fingerprint density at radius 3 is 2.49 bits per heavy atom. The van der Waals surface area contributed by atoms with E-state index in [1.807, 2.05) is 11.0 Å². The minimum Gasteiger partial charge on any atom is -0.466 e. The lowest BCUT2D eigenvalue weighted by Crippen LogP contribution is -2.40. The summed E-state index contributed by atoms with van der Waals surface area (Å²) in [5, 5.41) is 5.00. The van der Waals surface area contributed by atoms with Crippen molar-refractivity contribution in [3.05, 3.63) is 90.5 Å². The maximum atomic E-state index is 14.3. The molecule has 0 aliphatic carbocycles. The average molecular weight is 565 g/mol. The molecule has 1 aliphatic heterocycles. The van der Waals surface area contributed by atoms with Gasteiger partial charge in [0.05, 0.1) is 18.2 Å². The zero-order valence-corrected chi connectivity index (χ0v) is 22.2. The number of ether oxygens (including phenoxy) is 1. The molecule has 5 rings (SSSR count). The van der Waals surface area contributed by atoms with E-state index in [4.69, 9.17) is 4.74 Å². The number of rotatable bonds is 7. The summed E-state index contributed by atoms with van der Waals surface area (Å²) in [7, 11) is 0. The molecule has 0 radical (unpaired) electrons. The van der Waals surface area contributed by atoms with Crippen molar-refractivity contribution in [3.63, 3.8) is 0 Å². The second kappa shape index (κ2) is 11.8. The van der Waals surface area contributed by atoms with Gasteiger partial charge in [-0.2, -0.15) is 28.1 Å². The number of carbonyl (C=O) groups is 2. The Morgan fingerprint density at radius 2 is 1.83 bits per heavy atom. The lowest BCUT2D eigenvalue weighted by molar-refractivity contribution is -0.148. The summed E-state index contributed by atoms with van der Waals surface area (Å²) in [5.41, 5.74) is 0.0715. The largest absolute Gasteiger partial charge is 0.466 e. The lowest BCUT2D eigenvalue weighted by Gasteiger charge is -2.33. The van der Waals surface area contributed by atoms with Crippen LogP contribution >= 0.6 is 0 Å². The Balaban J connectivity index is 1.50. The number of aromatic nitrogens is 4. The van der Waals surface area contributed by atoms with Gasteiger partial charge in [0.15, 0.2) is 11.5 Å². The van der Waals surface area contributed by atoms with Gasteiger partial charge in [-0.25, -0.2) is 4.98 Å². The first-order valence-corrected chi connectivity index (χ1v) is 13.1. The SMILES string of the molecule is CCOC(=O)C1CCN(c2cccc(C(=O)N(c3ccccn3)n3nc(-c4cccnc4)cc3C(F)(F)F)c2)CC1. The molecular weight excluding hydrogens is 537 g/mol.